The highest BCUT2D eigenvalue weighted by atomic mass is 32.1. The van der Waals surface area contributed by atoms with Gasteiger partial charge in [-0.1, -0.05) is 12.1 Å². The molecule has 4 rings (SSSR count). The molecule has 6 nitrogen and oxygen atoms in total. The molecule has 0 bridgehead atoms. The predicted molar refractivity (Wildman–Crippen MR) is 100 cm³/mol. The molecule has 1 aliphatic rings. The van der Waals surface area contributed by atoms with Gasteiger partial charge in [-0.2, -0.15) is 0 Å². The highest BCUT2D eigenvalue weighted by Crippen LogP contribution is 2.24. The number of anilines is 1. The van der Waals surface area contributed by atoms with Crippen molar-refractivity contribution in [2.24, 2.45) is 0 Å². The average Bonchev–Trinajstić information content (AvgIpc) is 3.39. The topological polar surface area (TPSA) is 67.6 Å². The fourth-order valence-electron chi connectivity index (χ4n) is 2.81. The quantitative estimate of drug-likeness (QED) is 0.748. The molecule has 1 N–H and O–H groups in total. The number of morpholine rings is 1. The molecule has 1 amide bonds. The first-order valence-electron chi connectivity index (χ1n) is 8.49. The Morgan fingerprint density at radius 3 is 2.73 bits per heavy atom. The fourth-order valence-corrected chi connectivity index (χ4v) is 3.58. The summed E-state index contributed by atoms with van der Waals surface area (Å²) in [7, 11) is 0. The Kier molecular flexibility index (Phi) is 4.99. The lowest BCUT2D eigenvalue weighted by molar-refractivity contribution is 0.0946. The number of furan rings is 1. The molecule has 7 heteroatoms. The SMILES string of the molecule is O=C(NCc1ccc(N2CCOCC2)cc1)c1csc(-c2ccco2)n1. The number of hydrogen-bond acceptors (Lipinski definition) is 6. The lowest BCUT2D eigenvalue weighted by atomic mass is 10.2. The maximum Gasteiger partial charge on any atom is 0.271 e. The Morgan fingerprint density at radius 2 is 2.00 bits per heavy atom. The molecule has 0 unspecified atom stereocenters. The van der Waals surface area contributed by atoms with Gasteiger partial charge in [0.15, 0.2) is 10.8 Å². The number of benzene rings is 1. The predicted octanol–water partition coefficient (Wildman–Crippen LogP) is 3.17. The number of ether oxygens (including phenoxy) is 1. The zero-order chi connectivity index (χ0) is 17.8. The normalized spacial score (nSPS) is 14.4. The first-order valence-corrected chi connectivity index (χ1v) is 9.37. The first-order chi connectivity index (χ1) is 12.8. The summed E-state index contributed by atoms with van der Waals surface area (Å²) in [5, 5.41) is 5.36. The Morgan fingerprint density at radius 1 is 1.19 bits per heavy atom. The second kappa shape index (κ2) is 7.72. The van der Waals surface area contributed by atoms with Crippen molar-refractivity contribution < 1.29 is 13.9 Å². The number of amides is 1. The van der Waals surface area contributed by atoms with Crippen LogP contribution in [0.4, 0.5) is 5.69 Å². The lowest BCUT2D eigenvalue weighted by Gasteiger charge is -2.28. The second-order valence-corrected chi connectivity index (χ2v) is 6.82. The first kappa shape index (κ1) is 16.8. The van der Waals surface area contributed by atoms with Crippen LogP contribution in [0.3, 0.4) is 0 Å². The second-order valence-electron chi connectivity index (χ2n) is 5.96. The number of nitrogens with zero attached hydrogens (tertiary/aromatic N) is 2. The van der Waals surface area contributed by atoms with Crippen molar-refractivity contribution in [3.63, 3.8) is 0 Å². The molecule has 0 atom stereocenters. The molecule has 1 aliphatic heterocycles. The van der Waals surface area contributed by atoms with Crippen LogP contribution in [0.1, 0.15) is 16.1 Å². The molecule has 1 aromatic carbocycles. The summed E-state index contributed by atoms with van der Waals surface area (Å²) < 4.78 is 10.7. The maximum absolute atomic E-state index is 12.3. The molecule has 26 heavy (non-hydrogen) atoms. The molecule has 0 aliphatic carbocycles. The van der Waals surface area contributed by atoms with Crippen molar-refractivity contribution in [2.75, 3.05) is 31.2 Å². The van der Waals surface area contributed by atoms with Crippen LogP contribution in [0.25, 0.3) is 10.8 Å². The van der Waals surface area contributed by atoms with Crippen LogP contribution in [-0.2, 0) is 11.3 Å². The van der Waals surface area contributed by atoms with Gasteiger partial charge in [0.05, 0.1) is 19.5 Å². The van der Waals surface area contributed by atoms with Gasteiger partial charge in [0.25, 0.3) is 5.91 Å². The summed E-state index contributed by atoms with van der Waals surface area (Å²) in [5.41, 5.74) is 2.65. The maximum atomic E-state index is 12.3. The van der Waals surface area contributed by atoms with Gasteiger partial charge in [-0.05, 0) is 29.8 Å². The van der Waals surface area contributed by atoms with Crippen molar-refractivity contribution in [2.45, 2.75) is 6.54 Å². The molecule has 0 radical (unpaired) electrons. The van der Waals surface area contributed by atoms with E-state index in [1.54, 1.807) is 17.7 Å². The largest absolute Gasteiger partial charge is 0.462 e. The molecule has 1 fully saturated rings. The van der Waals surface area contributed by atoms with Gasteiger partial charge in [0.2, 0.25) is 0 Å². The molecule has 2 aromatic heterocycles. The van der Waals surface area contributed by atoms with Gasteiger partial charge >= 0.3 is 0 Å². The minimum atomic E-state index is -0.184. The van der Waals surface area contributed by atoms with Gasteiger partial charge in [0.1, 0.15) is 5.69 Å². The van der Waals surface area contributed by atoms with E-state index in [4.69, 9.17) is 9.15 Å². The van der Waals surface area contributed by atoms with E-state index in [1.807, 2.05) is 18.2 Å². The van der Waals surface area contributed by atoms with Crippen LogP contribution in [0.15, 0.2) is 52.5 Å². The summed E-state index contributed by atoms with van der Waals surface area (Å²) in [4.78, 5) is 18.9. The van der Waals surface area contributed by atoms with Crippen LogP contribution in [0.2, 0.25) is 0 Å². The monoisotopic (exact) mass is 369 g/mol. The van der Waals surface area contributed by atoms with Gasteiger partial charge in [-0.3, -0.25) is 4.79 Å². The molecule has 0 saturated carbocycles. The third-order valence-corrected chi connectivity index (χ3v) is 5.09. The molecule has 3 aromatic rings. The average molecular weight is 369 g/mol. The van der Waals surface area contributed by atoms with Gasteiger partial charge < -0.3 is 19.4 Å². The third kappa shape index (κ3) is 3.79. The molecule has 0 spiro atoms. The molecule has 3 heterocycles. The van der Waals surface area contributed by atoms with Crippen molar-refractivity contribution in [3.8, 4) is 10.8 Å². The number of rotatable bonds is 5. The summed E-state index contributed by atoms with van der Waals surface area (Å²) in [6.45, 7) is 3.84. The van der Waals surface area contributed by atoms with E-state index in [2.05, 4.69) is 27.3 Å². The minimum absolute atomic E-state index is 0.184. The van der Waals surface area contributed by atoms with E-state index < -0.39 is 0 Å². The van der Waals surface area contributed by atoms with Crippen molar-refractivity contribution in [1.82, 2.24) is 10.3 Å². The number of aromatic nitrogens is 1. The van der Waals surface area contributed by atoms with Crippen LogP contribution in [-0.4, -0.2) is 37.2 Å². The summed E-state index contributed by atoms with van der Waals surface area (Å²) in [6.07, 6.45) is 1.59. The van der Waals surface area contributed by atoms with Crippen LogP contribution in [0, 0.1) is 0 Å². The van der Waals surface area contributed by atoms with E-state index in [0.717, 1.165) is 31.9 Å². The van der Waals surface area contributed by atoms with Gasteiger partial charge in [0, 0.05) is 30.7 Å². The highest BCUT2D eigenvalue weighted by Gasteiger charge is 2.14. The van der Waals surface area contributed by atoms with Gasteiger partial charge in [-0.25, -0.2) is 4.98 Å². The number of nitrogens with one attached hydrogen (secondary N) is 1. The summed E-state index contributed by atoms with van der Waals surface area (Å²) in [6, 6.07) is 11.9. The van der Waals surface area contributed by atoms with Crippen LogP contribution >= 0.6 is 11.3 Å². The Balaban J connectivity index is 1.34. The Bertz CT molecular complexity index is 853. The Labute approximate surface area is 155 Å². The molecular weight excluding hydrogens is 350 g/mol. The fraction of sp³-hybridized carbons (Fsp3) is 0.263. The van der Waals surface area contributed by atoms with E-state index in [-0.39, 0.29) is 5.91 Å². The number of hydrogen-bond donors (Lipinski definition) is 1. The number of carbonyl (C=O) groups excluding carboxylic acids is 1. The van der Waals surface area contributed by atoms with E-state index in [9.17, 15) is 4.79 Å². The molecule has 134 valence electrons. The van der Waals surface area contributed by atoms with Gasteiger partial charge in [-0.15, -0.1) is 11.3 Å². The third-order valence-electron chi connectivity index (χ3n) is 4.23. The number of carbonyl (C=O) groups is 1. The van der Waals surface area contributed by atoms with E-state index in [1.165, 1.54) is 17.0 Å². The summed E-state index contributed by atoms with van der Waals surface area (Å²) >= 11 is 1.39. The minimum Gasteiger partial charge on any atom is -0.462 e. The zero-order valence-corrected chi connectivity index (χ0v) is 15.0. The Hall–Kier alpha value is -2.64. The van der Waals surface area contributed by atoms with Crippen molar-refractivity contribution in [3.05, 3.63) is 59.3 Å². The van der Waals surface area contributed by atoms with E-state index >= 15 is 0 Å². The van der Waals surface area contributed by atoms with Crippen LogP contribution in [0.5, 0.6) is 0 Å². The molecule has 1 saturated heterocycles. The standard InChI is InChI=1S/C19H19N3O3S/c23-18(16-13-26-19(21-16)17-2-1-9-25-17)20-12-14-3-5-15(6-4-14)22-7-10-24-11-8-22/h1-6,9,13H,7-8,10-12H2,(H,20,23). The van der Waals surface area contributed by atoms with Crippen LogP contribution < -0.4 is 10.2 Å². The van der Waals surface area contributed by atoms with E-state index in [0.29, 0.717) is 23.0 Å². The zero-order valence-electron chi connectivity index (χ0n) is 14.2. The smallest absolute Gasteiger partial charge is 0.271 e. The highest BCUT2D eigenvalue weighted by molar-refractivity contribution is 7.13. The molecular formula is C19H19N3O3S. The lowest BCUT2D eigenvalue weighted by Crippen LogP contribution is -2.36. The summed E-state index contributed by atoms with van der Waals surface area (Å²) in [5.74, 6) is 0.490. The van der Waals surface area contributed by atoms with Crippen molar-refractivity contribution >= 4 is 22.9 Å². The number of thiazole rings is 1. The van der Waals surface area contributed by atoms with Crippen molar-refractivity contribution in [1.29, 1.82) is 0 Å².